The first-order chi connectivity index (χ1) is 15.1. The Hall–Kier alpha value is -3.13. The first kappa shape index (κ1) is 21.1. The lowest BCUT2D eigenvalue weighted by molar-refractivity contribution is 0.415. The van der Waals surface area contributed by atoms with Crippen LogP contribution in [0.25, 0.3) is 17.1 Å². The summed E-state index contributed by atoms with van der Waals surface area (Å²) in [5, 5.41) is 18.0. The van der Waals surface area contributed by atoms with Crippen molar-refractivity contribution in [1.29, 1.82) is 0 Å². The van der Waals surface area contributed by atoms with Crippen LogP contribution in [0.15, 0.2) is 58.1 Å². The van der Waals surface area contributed by atoms with E-state index in [0.717, 1.165) is 34.4 Å². The van der Waals surface area contributed by atoms with E-state index in [9.17, 15) is 0 Å². The summed E-state index contributed by atoms with van der Waals surface area (Å²) in [7, 11) is 1.66. The van der Waals surface area contributed by atoms with Crippen molar-refractivity contribution in [1.82, 2.24) is 25.0 Å². The van der Waals surface area contributed by atoms with Crippen LogP contribution in [0.4, 0.5) is 0 Å². The Labute approximate surface area is 185 Å². The van der Waals surface area contributed by atoms with Gasteiger partial charge in [-0.3, -0.25) is 4.57 Å². The van der Waals surface area contributed by atoms with E-state index < -0.39 is 0 Å². The molecule has 160 valence electrons. The minimum absolute atomic E-state index is 0.350. The van der Waals surface area contributed by atoms with Crippen molar-refractivity contribution in [2.75, 3.05) is 7.11 Å². The van der Waals surface area contributed by atoms with Gasteiger partial charge in [-0.25, -0.2) is 0 Å². The zero-order valence-corrected chi connectivity index (χ0v) is 18.9. The molecule has 0 saturated heterocycles. The molecule has 0 spiro atoms. The van der Waals surface area contributed by atoms with Crippen molar-refractivity contribution < 1.29 is 9.15 Å². The van der Waals surface area contributed by atoms with Gasteiger partial charge in [0.1, 0.15) is 5.75 Å². The van der Waals surface area contributed by atoms with Crippen LogP contribution in [-0.2, 0) is 12.2 Å². The largest absolute Gasteiger partial charge is 0.497 e. The van der Waals surface area contributed by atoms with E-state index >= 15 is 0 Å². The molecule has 0 amide bonds. The van der Waals surface area contributed by atoms with Gasteiger partial charge in [0.05, 0.1) is 18.6 Å². The van der Waals surface area contributed by atoms with Gasteiger partial charge in [-0.1, -0.05) is 50.7 Å². The second kappa shape index (κ2) is 9.34. The molecular formula is C23H25N5O2S. The van der Waals surface area contributed by atoms with E-state index in [4.69, 9.17) is 9.15 Å². The van der Waals surface area contributed by atoms with E-state index in [1.807, 2.05) is 37.3 Å². The highest BCUT2D eigenvalue weighted by molar-refractivity contribution is 7.98. The molecule has 0 radical (unpaired) electrons. The Balaban J connectivity index is 1.77. The van der Waals surface area contributed by atoms with Crippen molar-refractivity contribution in [3.05, 3.63) is 65.9 Å². The SMILES string of the molecule is CCc1nnc(CSc2nnc(-c3ccc(OC)cc3)n2-c2ccccc2C(C)C)o1. The van der Waals surface area contributed by atoms with Crippen molar-refractivity contribution >= 4 is 11.8 Å². The van der Waals surface area contributed by atoms with Crippen LogP contribution in [0.2, 0.25) is 0 Å². The Bertz CT molecular complexity index is 1150. The lowest BCUT2D eigenvalue weighted by Crippen LogP contribution is -2.05. The second-order valence-electron chi connectivity index (χ2n) is 7.32. The maximum absolute atomic E-state index is 5.66. The normalized spacial score (nSPS) is 11.3. The van der Waals surface area contributed by atoms with Crippen molar-refractivity contribution in [3.63, 3.8) is 0 Å². The predicted molar refractivity (Wildman–Crippen MR) is 121 cm³/mol. The molecule has 0 aliphatic carbocycles. The fraction of sp³-hybridized carbons (Fsp3) is 0.304. The van der Waals surface area contributed by atoms with Gasteiger partial charge in [0.2, 0.25) is 11.8 Å². The average Bonchev–Trinajstić information content (AvgIpc) is 3.44. The summed E-state index contributed by atoms with van der Waals surface area (Å²) in [4.78, 5) is 0. The number of para-hydroxylation sites is 1. The maximum Gasteiger partial charge on any atom is 0.226 e. The van der Waals surface area contributed by atoms with E-state index in [1.54, 1.807) is 7.11 Å². The molecule has 2 aromatic carbocycles. The Morgan fingerprint density at radius 3 is 2.39 bits per heavy atom. The zero-order valence-electron chi connectivity index (χ0n) is 18.1. The molecule has 2 aromatic heterocycles. The van der Waals surface area contributed by atoms with Gasteiger partial charge in [0, 0.05) is 12.0 Å². The Morgan fingerprint density at radius 2 is 1.71 bits per heavy atom. The number of aromatic nitrogens is 5. The molecular weight excluding hydrogens is 410 g/mol. The van der Waals surface area contributed by atoms with Crippen LogP contribution in [0.5, 0.6) is 5.75 Å². The quantitative estimate of drug-likeness (QED) is 0.347. The summed E-state index contributed by atoms with van der Waals surface area (Å²) >= 11 is 1.53. The smallest absolute Gasteiger partial charge is 0.226 e. The topological polar surface area (TPSA) is 78.9 Å². The minimum atomic E-state index is 0.350. The number of nitrogens with zero attached hydrogens (tertiary/aromatic N) is 5. The van der Waals surface area contributed by atoms with Crippen LogP contribution >= 0.6 is 11.8 Å². The molecule has 0 saturated carbocycles. The third-order valence-electron chi connectivity index (χ3n) is 4.92. The third-order valence-corrected chi connectivity index (χ3v) is 5.83. The van der Waals surface area contributed by atoms with Gasteiger partial charge in [0.15, 0.2) is 11.0 Å². The number of hydrogen-bond acceptors (Lipinski definition) is 7. The standard InChI is InChI=1S/C23H25N5O2S/c1-5-20-24-25-21(30-20)14-31-23-27-26-22(16-10-12-17(29-4)13-11-16)28(23)19-9-7-6-8-18(19)15(2)3/h6-13,15H,5,14H2,1-4H3. The Kier molecular flexibility index (Phi) is 6.36. The summed E-state index contributed by atoms with van der Waals surface area (Å²) < 4.78 is 13.1. The van der Waals surface area contributed by atoms with Gasteiger partial charge in [-0.15, -0.1) is 20.4 Å². The van der Waals surface area contributed by atoms with E-state index in [2.05, 4.69) is 57.0 Å². The third kappa shape index (κ3) is 4.49. The number of methoxy groups -OCH3 is 1. The summed E-state index contributed by atoms with van der Waals surface area (Å²) in [6.45, 7) is 6.37. The summed E-state index contributed by atoms with van der Waals surface area (Å²) in [5.41, 5.74) is 3.25. The molecule has 0 unspecified atom stereocenters. The summed E-state index contributed by atoms with van der Waals surface area (Å²) in [6.07, 6.45) is 0.719. The van der Waals surface area contributed by atoms with Crippen molar-refractivity contribution in [2.24, 2.45) is 0 Å². The van der Waals surface area contributed by atoms with E-state index in [1.165, 1.54) is 17.3 Å². The van der Waals surface area contributed by atoms with Crippen LogP contribution in [-0.4, -0.2) is 32.1 Å². The molecule has 0 bridgehead atoms. The lowest BCUT2D eigenvalue weighted by atomic mass is 10.0. The van der Waals surface area contributed by atoms with Crippen molar-refractivity contribution in [2.45, 2.75) is 44.0 Å². The molecule has 0 N–H and O–H groups in total. The molecule has 0 aliphatic rings. The van der Waals surface area contributed by atoms with Gasteiger partial charge in [-0.05, 0) is 41.8 Å². The van der Waals surface area contributed by atoms with Crippen LogP contribution in [0.1, 0.15) is 44.0 Å². The second-order valence-corrected chi connectivity index (χ2v) is 8.26. The first-order valence-corrected chi connectivity index (χ1v) is 11.2. The minimum Gasteiger partial charge on any atom is -0.497 e. The fourth-order valence-electron chi connectivity index (χ4n) is 3.30. The van der Waals surface area contributed by atoms with Gasteiger partial charge in [0.25, 0.3) is 0 Å². The van der Waals surface area contributed by atoms with Gasteiger partial charge < -0.3 is 9.15 Å². The number of rotatable bonds is 8. The molecule has 31 heavy (non-hydrogen) atoms. The van der Waals surface area contributed by atoms with Crippen LogP contribution < -0.4 is 4.74 Å². The highest BCUT2D eigenvalue weighted by atomic mass is 32.2. The number of ether oxygens (including phenoxy) is 1. The first-order valence-electron chi connectivity index (χ1n) is 10.2. The maximum atomic E-state index is 5.66. The summed E-state index contributed by atoms with van der Waals surface area (Å²) in [5.74, 6) is 3.68. The molecule has 4 aromatic rings. The molecule has 8 heteroatoms. The molecule has 4 rings (SSSR count). The predicted octanol–water partition coefficient (Wildman–Crippen LogP) is 5.30. The van der Waals surface area contributed by atoms with E-state index in [0.29, 0.717) is 23.5 Å². The van der Waals surface area contributed by atoms with Crippen LogP contribution in [0.3, 0.4) is 0 Å². The fourth-order valence-corrected chi connectivity index (χ4v) is 4.08. The number of thioether (sulfide) groups is 1. The van der Waals surface area contributed by atoms with Gasteiger partial charge in [-0.2, -0.15) is 0 Å². The molecule has 0 aliphatic heterocycles. The van der Waals surface area contributed by atoms with Gasteiger partial charge >= 0.3 is 0 Å². The zero-order chi connectivity index (χ0) is 21.8. The molecule has 0 atom stereocenters. The van der Waals surface area contributed by atoms with Crippen LogP contribution in [0, 0.1) is 0 Å². The molecule has 7 nitrogen and oxygen atoms in total. The molecule has 0 fully saturated rings. The lowest BCUT2D eigenvalue weighted by Gasteiger charge is -2.16. The number of aryl methyl sites for hydroxylation is 1. The van der Waals surface area contributed by atoms with E-state index in [-0.39, 0.29) is 0 Å². The number of benzene rings is 2. The number of hydrogen-bond donors (Lipinski definition) is 0. The Morgan fingerprint density at radius 1 is 0.968 bits per heavy atom. The highest BCUT2D eigenvalue weighted by Crippen LogP contribution is 2.33. The monoisotopic (exact) mass is 435 g/mol. The highest BCUT2D eigenvalue weighted by Gasteiger charge is 2.20. The van der Waals surface area contributed by atoms with Crippen molar-refractivity contribution in [3.8, 4) is 22.8 Å². The molecule has 2 heterocycles. The summed E-state index contributed by atoms with van der Waals surface area (Å²) in [6, 6.07) is 16.2. The average molecular weight is 436 g/mol.